The second-order valence-corrected chi connectivity index (χ2v) is 6.42. The number of carboxylic acids is 1. The lowest BCUT2D eigenvalue weighted by atomic mass is 9.95. The second-order valence-electron chi connectivity index (χ2n) is 5.33. The number of carbonyl (C=O) groups is 2. The van der Waals surface area contributed by atoms with Crippen LogP contribution >= 0.6 is 11.3 Å². The van der Waals surface area contributed by atoms with Gasteiger partial charge in [0, 0.05) is 18.0 Å². The first kappa shape index (κ1) is 16.8. The molecule has 0 bridgehead atoms. The smallest absolute Gasteiger partial charge is 0.341 e. The summed E-state index contributed by atoms with van der Waals surface area (Å²) in [5.41, 5.74) is 1.80. The van der Waals surface area contributed by atoms with Gasteiger partial charge in [-0.05, 0) is 45.1 Å². The Hall–Kier alpha value is -1.56. The number of thiophene rings is 1. The van der Waals surface area contributed by atoms with E-state index in [0.717, 1.165) is 36.2 Å². The van der Waals surface area contributed by atoms with Gasteiger partial charge in [-0.25, -0.2) is 4.79 Å². The van der Waals surface area contributed by atoms with Crippen molar-refractivity contribution in [1.29, 1.82) is 0 Å². The van der Waals surface area contributed by atoms with Crippen molar-refractivity contribution in [3.05, 3.63) is 16.0 Å². The fourth-order valence-corrected chi connectivity index (χ4v) is 4.29. The van der Waals surface area contributed by atoms with Crippen LogP contribution in [-0.4, -0.2) is 36.7 Å². The molecule has 0 radical (unpaired) electrons. The monoisotopic (exact) mass is 325 g/mol. The zero-order valence-corrected chi connectivity index (χ0v) is 14.0. The molecule has 0 atom stereocenters. The van der Waals surface area contributed by atoms with Crippen molar-refractivity contribution in [2.75, 3.05) is 24.6 Å². The van der Waals surface area contributed by atoms with E-state index in [4.69, 9.17) is 9.84 Å². The number of rotatable bonds is 7. The number of hydrogen-bond donors (Lipinski definition) is 1. The minimum atomic E-state index is -0.822. The predicted molar refractivity (Wildman–Crippen MR) is 87.1 cm³/mol. The highest BCUT2D eigenvalue weighted by molar-refractivity contribution is 7.16. The van der Waals surface area contributed by atoms with Crippen molar-refractivity contribution in [1.82, 2.24) is 0 Å². The van der Waals surface area contributed by atoms with Crippen LogP contribution in [0.4, 0.5) is 5.00 Å². The maximum Gasteiger partial charge on any atom is 0.341 e. The lowest BCUT2D eigenvalue weighted by Crippen LogP contribution is -2.27. The molecule has 0 unspecified atom stereocenters. The Morgan fingerprint density at radius 1 is 1.27 bits per heavy atom. The van der Waals surface area contributed by atoms with Crippen LogP contribution in [0, 0.1) is 0 Å². The fraction of sp³-hybridized carbons (Fsp3) is 0.625. The normalized spacial score (nSPS) is 13.5. The highest BCUT2D eigenvalue weighted by Gasteiger charge is 2.28. The molecule has 0 aromatic carbocycles. The Morgan fingerprint density at radius 2 is 2.00 bits per heavy atom. The molecule has 1 aliphatic rings. The molecule has 1 heterocycles. The molecule has 22 heavy (non-hydrogen) atoms. The van der Waals surface area contributed by atoms with E-state index >= 15 is 0 Å². The van der Waals surface area contributed by atoms with E-state index < -0.39 is 5.97 Å². The number of hydrogen-bond acceptors (Lipinski definition) is 5. The van der Waals surface area contributed by atoms with Gasteiger partial charge in [0.2, 0.25) is 0 Å². The molecule has 6 heteroatoms. The molecule has 1 aromatic heterocycles. The van der Waals surface area contributed by atoms with Gasteiger partial charge >= 0.3 is 11.9 Å². The summed E-state index contributed by atoms with van der Waals surface area (Å²) >= 11 is 1.63. The topological polar surface area (TPSA) is 66.8 Å². The molecule has 1 aliphatic carbocycles. The van der Waals surface area contributed by atoms with Crippen LogP contribution in [0.2, 0.25) is 0 Å². The third-order valence-corrected chi connectivity index (χ3v) is 5.25. The van der Waals surface area contributed by atoms with E-state index in [-0.39, 0.29) is 12.4 Å². The molecule has 2 rings (SSSR count). The van der Waals surface area contributed by atoms with Gasteiger partial charge in [-0.15, -0.1) is 11.3 Å². The Kier molecular flexibility index (Phi) is 5.83. The van der Waals surface area contributed by atoms with E-state index in [1.165, 1.54) is 4.88 Å². The molecular weight excluding hydrogens is 302 g/mol. The summed E-state index contributed by atoms with van der Waals surface area (Å²) in [6.07, 6.45) is 4.23. The molecule has 0 fully saturated rings. The van der Waals surface area contributed by atoms with Crippen LogP contribution < -0.4 is 4.90 Å². The second kappa shape index (κ2) is 7.63. The number of carboxylic acid groups (broad SMARTS) is 1. The van der Waals surface area contributed by atoms with Gasteiger partial charge in [0.1, 0.15) is 5.00 Å². The van der Waals surface area contributed by atoms with Gasteiger partial charge in [0.25, 0.3) is 0 Å². The molecule has 0 saturated heterocycles. The number of fused-ring (bicyclic) bond motifs is 1. The van der Waals surface area contributed by atoms with Gasteiger partial charge in [-0.2, -0.15) is 0 Å². The highest BCUT2D eigenvalue weighted by Crippen LogP contribution is 2.40. The number of anilines is 1. The standard InChI is InChI=1S/C16H23NO4S/c1-3-17(10-9-13(18)19)15-14(16(20)21-4-2)11-7-5-6-8-12(11)22-15/h3-10H2,1-2H3,(H,18,19). The first-order valence-electron chi connectivity index (χ1n) is 7.86. The van der Waals surface area contributed by atoms with E-state index in [1.54, 1.807) is 18.3 Å². The summed E-state index contributed by atoms with van der Waals surface area (Å²) in [5, 5.41) is 9.80. The summed E-state index contributed by atoms with van der Waals surface area (Å²) in [6, 6.07) is 0. The highest BCUT2D eigenvalue weighted by atomic mass is 32.1. The van der Waals surface area contributed by atoms with Crippen molar-refractivity contribution < 1.29 is 19.4 Å². The average Bonchev–Trinajstić information content (AvgIpc) is 2.87. The molecule has 122 valence electrons. The average molecular weight is 325 g/mol. The van der Waals surface area contributed by atoms with Gasteiger partial charge < -0.3 is 14.7 Å². The maximum absolute atomic E-state index is 12.4. The fourth-order valence-electron chi connectivity index (χ4n) is 2.82. The van der Waals surface area contributed by atoms with Crippen LogP contribution in [-0.2, 0) is 22.4 Å². The third-order valence-electron chi connectivity index (χ3n) is 3.90. The van der Waals surface area contributed by atoms with Crippen LogP contribution in [0.1, 0.15) is 53.9 Å². The minimum absolute atomic E-state index is 0.0681. The molecule has 0 amide bonds. The lowest BCUT2D eigenvalue weighted by Gasteiger charge is -2.22. The van der Waals surface area contributed by atoms with Crippen LogP contribution in [0.25, 0.3) is 0 Å². The van der Waals surface area contributed by atoms with E-state index in [0.29, 0.717) is 25.3 Å². The van der Waals surface area contributed by atoms with Crippen molar-refractivity contribution >= 4 is 28.3 Å². The van der Waals surface area contributed by atoms with Gasteiger partial charge in [0.15, 0.2) is 0 Å². The summed E-state index contributed by atoms with van der Waals surface area (Å²) in [6.45, 7) is 5.23. The van der Waals surface area contributed by atoms with Gasteiger partial charge in [-0.1, -0.05) is 0 Å². The first-order chi connectivity index (χ1) is 10.6. The summed E-state index contributed by atoms with van der Waals surface area (Å²) in [7, 11) is 0. The van der Waals surface area contributed by atoms with E-state index in [2.05, 4.69) is 0 Å². The molecular formula is C16H23NO4S. The molecule has 5 nitrogen and oxygen atoms in total. The number of nitrogens with zero attached hydrogens (tertiary/aromatic N) is 1. The predicted octanol–water partition coefficient (Wildman–Crippen LogP) is 3.10. The zero-order valence-electron chi connectivity index (χ0n) is 13.2. The molecule has 1 aromatic rings. The van der Waals surface area contributed by atoms with Crippen molar-refractivity contribution in [2.45, 2.75) is 46.0 Å². The van der Waals surface area contributed by atoms with Crippen molar-refractivity contribution in [2.24, 2.45) is 0 Å². The van der Waals surface area contributed by atoms with E-state index in [9.17, 15) is 9.59 Å². The Balaban J connectivity index is 2.37. The lowest BCUT2D eigenvalue weighted by molar-refractivity contribution is -0.136. The number of ether oxygens (including phenoxy) is 1. The Bertz CT molecular complexity index is 553. The number of carbonyl (C=O) groups excluding carboxylic acids is 1. The molecule has 0 spiro atoms. The molecule has 1 N–H and O–H groups in total. The van der Waals surface area contributed by atoms with Crippen molar-refractivity contribution in [3.63, 3.8) is 0 Å². The largest absolute Gasteiger partial charge is 0.481 e. The SMILES string of the molecule is CCOC(=O)c1c(N(CC)CCC(=O)O)sc2c1CCCC2. The number of esters is 1. The molecule has 0 saturated carbocycles. The van der Waals surface area contributed by atoms with Gasteiger partial charge in [0.05, 0.1) is 18.6 Å². The first-order valence-corrected chi connectivity index (χ1v) is 8.68. The summed E-state index contributed by atoms with van der Waals surface area (Å²) in [5.74, 6) is -1.09. The molecule has 0 aliphatic heterocycles. The Labute approximate surface area is 134 Å². The van der Waals surface area contributed by atoms with Crippen LogP contribution in [0.5, 0.6) is 0 Å². The quantitative estimate of drug-likeness (QED) is 0.780. The van der Waals surface area contributed by atoms with Crippen LogP contribution in [0.3, 0.4) is 0 Å². The summed E-state index contributed by atoms with van der Waals surface area (Å²) in [4.78, 5) is 26.5. The maximum atomic E-state index is 12.4. The van der Waals surface area contributed by atoms with Crippen molar-refractivity contribution in [3.8, 4) is 0 Å². The third kappa shape index (κ3) is 3.61. The van der Waals surface area contributed by atoms with E-state index in [1.807, 2.05) is 11.8 Å². The Morgan fingerprint density at radius 3 is 2.64 bits per heavy atom. The zero-order chi connectivity index (χ0) is 16.1. The minimum Gasteiger partial charge on any atom is -0.481 e. The van der Waals surface area contributed by atoms with Gasteiger partial charge in [-0.3, -0.25) is 4.79 Å². The number of aryl methyl sites for hydroxylation is 1. The van der Waals surface area contributed by atoms with Crippen LogP contribution in [0.15, 0.2) is 0 Å². The number of aliphatic carboxylic acids is 1. The summed E-state index contributed by atoms with van der Waals surface area (Å²) < 4.78 is 5.24.